The summed E-state index contributed by atoms with van der Waals surface area (Å²) in [5.74, 6) is 0. The third kappa shape index (κ3) is 4.48. The molecule has 0 aliphatic carbocycles. The van der Waals surface area contributed by atoms with Crippen molar-refractivity contribution in [1.29, 1.82) is 0 Å². The van der Waals surface area contributed by atoms with Gasteiger partial charge in [-0.25, -0.2) is 0 Å². The van der Waals surface area contributed by atoms with Crippen molar-refractivity contribution in [3.05, 3.63) is 0 Å². The summed E-state index contributed by atoms with van der Waals surface area (Å²) in [5, 5.41) is 9.09. The predicted molar refractivity (Wildman–Crippen MR) is 23.7 cm³/mol. The Morgan fingerprint density at radius 2 is 2.20 bits per heavy atom. The zero-order valence-corrected chi connectivity index (χ0v) is 4.89. The molecule has 0 fully saturated rings. The molecule has 0 heterocycles. The Bertz CT molecular complexity index is 14.4. The van der Waals surface area contributed by atoms with Crippen molar-refractivity contribution in [3.8, 4) is 0 Å². The Morgan fingerprint density at radius 1 is 1.60 bits per heavy atom. The molecule has 0 saturated heterocycles. The summed E-state index contributed by atoms with van der Waals surface area (Å²) in [6.45, 7) is 0.328. The van der Waals surface area contributed by atoms with Gasteiger partial charge in [-0.05, 0) is 0 Å². The molecule has 2 heteroatoms. The van der Waals surface area contributed by atoms with Gasteiger partial charge in [-0.2, -0.15) is 0 Å². The second kappa shape index (κ2) is 4.48. The van der Waals surface area contributed by atoms with Gasteiger partial charge in [0.1, 0.15) is 0 Å². The molecule has 0 aromatic heterocycles. The van der Waals surface area contributed by atoms with Crippen molar-refractivity contribution in [2.75, 3.05) is 6.61 Å². The molecule has 0 rings (SSSR count). The maximum atomic E-state index is 8.06. The first-order valence-electron chi connectivity index (χ1n) is 1.63. The van der Waals surface area contributed by atoms with Crippen LogP contribution in [0.5, 0.6) is 0 Å². The molecule has 0 atom stereocenters. The van der Waals surface area contributed by atoms with Gasteiger partial charge >= 0.3 is 39.5 Å². The van der Waals surface area contributed by atoms with E-state index >= 15 is 0 Å². The van der Waals surface area contributed by atoms with Crippen LogP contribution in [-0.2, 0) is 0 Å². The zero-order chi connectivity index (χ0) is 4.12. The van der Waals surface area contributed by atoms with E-state index in [4.69, 9.17) is 5.11 Å². The van der Waals surface area contributed by atoms with Crippen LogP contribution in [-0.4, -0.2) is 27.7 Å². The summed E-state index contributed by atoms with van der Waals surface area (Å²) in [7, 11) is 0. The SMILES string of the molecule is OCCC[SeH]. The van der Waals surface area contributed by atoms with Crippen LogP contribution in [0.2, 0.25) is 5.32 Å². The average molecular weight is 139 g/mol. The summed E-state index contributed by atoms with van der Waals surface area (Å²) < 4.78 is 0. The van der Waals surface area contributed by atoms with E-state index in [1.807, 2.05) is 0 Å². The standard InChI is InChI=1S/C3H8OSe/c4-2-1-3-5/h4-5H,1-3H2. The van der Waals surface area contributed by atoms with E-state index in [9.17, 15) is 0 Å². The van der Waals surface area contributed by atoms with Gasteiger partial charge in [0.15, 0.2) is 0 Å². The molecule has 32 valence electrons. The van der Waals surface area contributed by atoms with Crippen molar-refractivity contribution in [1.82, 2.24) is 0 Å². The van der Waals surface area contributed by atoms with Crippen molar-refractivity contribution < 1.29 is 5.11 Å². The normalized spacial score (nSPS) is 8.40. The summed E-state index contributed by atoms with van der Waals surface area (Å²) in [5.41, 5.74) is 0. The van der Waals surface area contributed by atoms with Crippen LogP contribution in [0.25, 0.3) is 0 Å². The number of aliphatic hydroxyl groups excluding tert-OH is 1. The molecule has 5 heavy (non-hydrogen) atoms. The first kappa shape index (κ1) is 5.48. The first-order valence-corrected chi connectivity index (χ1v) is 2.96. The fraction of sp³-hybridized carbons (Fsp3) is 1.00. The van der Waals surface area contributed by atoms with Crippen LogP contribution in [0.1, 0.15) is 6.42 Å². The number of aliphatic hydroxyl groups is 1. The molecule has 0 aromatic rings. The van der Waals surface area contributed by atoms with E-state index in [1.165, 1.54) is 0 Å². The molecule has 1 nitrogen and oxygen atoms in total. The molecule has 0 aliphatic rings. The van der Waals surface area contributed by atoms with Crippen molar-refractivity contribution >= 4 is 16.0 Å². The minimum atomic E-state index is 0.328. The summed E-state index contributed by atoms with van der Waals surface area (Å²) >= 11 is 2.42. The Kier molecular flexibility index (Phi) is 4.91. The van der Waals surface area contributed by atoms with E-state index in [2.05, 4.69) is 16.0 Å². The molecule has 1 N–H and O–H groups in total. The van der Waals surface area contributed by atoms with E-state index in [-0.39, 0.29) is 0 Å². The maximum absolute atomic E-state index is 8.06. The molecule has 0 radical (unpaired) electrons. The van der Waals surface area contributed by atoms with Gasteiger partial charge < -0.3 is 0 Å². The quantitative estimate of drug-likeness (QED) is 0.520. The summed E-state index contributed by atoms with van der Waals surface area (Å²) in [6, 6.07) is 0. The number of rotatable bonds is 2. The second-order valence-corrected chi connectivity index (χ2v) is 1.74. The van der Waals surface area contributed by atoms with Crippen molar-refractivity contribution in [3.63, 3.8) is 0 Å². The van der Waals surface area contributed by atoms with Crippen molar-refractivity contribution in [2.45, 2.75) is 11.7 Å². The molecular weight excluding hydrogens is 131 g/mol. The van der Waals surface area contributed by atoms with Gasteiger partial charge in [-0.15, -0.1) is 0 Å². The summed E-state index contributed by atoms with van der Waals surface area (Å²) in [4.78, 5) is 0. The Labute approximate surface area is 40.2 Å². The summed E-state index contributed by atoms with van der Waals surface area (Å²) in [6.07, 6.45) is 0.917. The average Bonchev–Trinajstić information content (AvgIpc) is 1.41. The fourth-order valence-electron chi connectivity index (χ4n) is 0.0707. The topological polar surface area (TPSA) is 20.2 Å². The van der Waals surface area contributed by atoms with Gasteiger partial charge in [0.25, 0.3) is 0 Å². The molecule has 0 bridgehead atoms. The van der Waals surface area contributed by atoms with Crippen LogP contribution in [0.15, 0.2) is 0 Å². The zero-order valence-electron chi connectivity index (χ0n) is 3.02. The molecular formula is C3H8OSe. The fourth-order valence-corrected chi connectivity index (χ4v) is 0.367. The molecule has 0 aliphatic heterocycles. The van der Waals surface area contributed by atoms with Crippen LogP contribution >= 0.6 is 0 Å². The first-order chi connectivity index (χ1) is 2.41. The van der Waals surface area contributed by atoms with Crippen molar-refractivity contribution in [2.24, 2.45) is 0 Å². The molecule has 0 amide bonds. The molecule has 0 aromatic carbocycles. The second-order valence-electron chi connectivity index (χ2n) is 0.801. The number of hydrogen-bond donors (Lipinski definition) is 1. The third-order valence-corrected chi connectivity index (χ3v) is 0.980. The Hall–Kier alpha value is 0.479. The third-order valence-electron chi connectivity index (χ3n) is 0.316. The van der Waals surface area contributed by atoms with E-state index in [0.29, 0.717) is 6.61 Å². The predicted octanol–water partition coefficient (Wildman–Crippen LogP) is -0.312. The van der Waals surface area contributed by atoms with E-state index < -0.39 is 0 Å². The minimum absolute atomic E-state index is 0.328. The number of hydrogen-bond acceptors (Lipinski definition) is 1. The van der Waals surface area contributed by atoms with Crippen LogP contribution < -0.4 is 0 Å². The van der Waals surface area contributed by atoms with E-state index in [0.717, 1.165) is 11.7 Å². The van der Waals surface area contributed by atoms with Crippen LogP contribution in [0.4, 0.5) is 0 Å². The molecule has 0 saturated carbocycles. The van der Waals surface area contributed by atoms with Gasteiger partial charge in [0.2, 0.25) is 0 Å². The monoisotopic (exact) mass is 140 g/mol. The Balaban J connectivity index is 2.19. The molecule has 0 unspecified atom stereocenters. The van der Waals surface area contributed by atoms with Gasteiger partial charge in [0.05, 0.1) is 0 Å². The van der Waals surface area contributed by atoms with Crippen LogP contribution in [0.3, 0.4) is 0 Å². The van der Waals surface area contributed by atoms with Gasteiger partial charge in [-0.3, -0.25) is 0 Å². The Morgan fingerprint density at radius 3 is 2.20 bits per heavy atom. The molecule has 0 spiro atoms. The van der Waals surface area contributed by atoms with Gasteiger partial charge in [0, 0.05) is 0 Å². The van der Waals surface area contributed by atoms with E-state index in [1.54, 1.807) is 0 Å². The van der Waals surface area contributed by atoms with Gasteiger partial charge in [-0.1, -0.05) is 0 Å². The van der Waals surface area contributed by atoms with Crippen LogP contribution in [0, 0.1) is 0 Å².